The van der Waals surface area contributed by atoms with Gasteiger partial charge in [0.25, 0.3) is 5.91 Å². The van der Waals surface area contributed by atoms with Crippen molar-refractivity contribution in [2.45, 2.75) is 39.0 Å². The zero-order valence-corrected chi connectivity index (χ0v) is 24.0. The van der Waals surface area contributed by atoms with Crippen LogP contribution in [0.5, 0.6) is 11.5 Å². The van der Waals surface area contributed by atoms with Crippen LogP contribution in [0.25, 0.3) is 10.8 Å². The highest BCUT2D eigenvalue weighted by Gasteiger charge is 2.12. The van der Waals surface area contributed by atoms with Gasteiger partial charge in [-0.05, 0) is 72.8 Å². The first-order chi connectivity index (χ1) is 20.9. The zero-order chi connectivity index (χ0) is 30.4. The first kappa shape index (κ1) is 30.8. The van der Waals surface area contributed by atoms with E-state index in [-0.39, 0.29) is 25.2 Å². The largest absolute Gasteiger partial charge is 0.462 e. The Morgan fingerprint density at radius 1 is 0.674 bits per heavy atom. The highest BCUT2D eigenvalue weighted by molar-refractivity contribution is 5.94. The molecule has 0 saturated heterocycles. The van der Waals surface area contributed by atoms with Gasteiger partial charge >= 0.3 is 11.9 Å². The lowest BCUT2D eigenvalue weighted by Crippen LogP contribution is -2.21. The molecule has 2 N–H and O–H groups in total. The molecule has 0 unspecified atom stereocenters. The minimum atomic E-state index is -0.580. The predicted molar refractivity (Wildman–Crippen MR) is 164 cm³/mol. The van der Waals surface area contributed by atoms with Crippen LogP contribution < -0.4 is 15.4 Å². The van der Waals surface area contributed by atoms with Crippen molar-refractivity contribution < 1.29 is 33.4 Å². The Hall–Kier alpha value is -5.18. The Labute approximate surface area is 250 Å². The summed E-state index contributed by atoms with van der Waals surface area (Å²) in [5.41, 5.74) is 1.44. The zero-order valence-electron chi connectivity index (χ0n) is 24.0. The molecule has 43 heavy (non-hydrogen) atoms. The van der Waals surface area contributed by atoms with Gasteiger partial charge in [0.15, 0.2) is 6.61 Å². The molecule has 9 heteroatoms. The number of nitrogens with one attached hydrogen (secondary N) is 2. The van der Waals surface area contributed by atoms with E-state index in [1.165, 1.54) is 0 Å². The summed E-state index contributed by atoms with van der Waals surface area (Å²) in [5, 5.41) is 7.49. The van der Waals surface area contributed by atoms with Crippen LogP contribution >= 0.6 is 0 Å². The van der Waals surface area contributed by atoms with Gasteiger partial charge in [-0.2, -0.15) is 0 Å². The van der Waals surface area contributed by atoms with Gasteiger partial charge in [-0.25, -0.2) is 4.79 Å². The van der Waals surface area contributed by atoms with Crippen LogP contribution in [0.2, 0.25) is 0 Å². The number of rotatable bonds is 14. The quantitative estimate of drug-likeness (QED) is 0.123. The van der Waals surface area contributed by atoms with Gasteiger partial charge in [0.1, 0.15) is 11.5 Å². The molecule has 0 bridgehead atoms. The summed E-state index contributed by atoms with van der Waals surface area (Å²) in [6.07, 6.45) is 2.10. The summed E-state index contributed by atoms with van der Waals surface area (Å²) in [5.74, 6) is -0.379. The minimum Gasteiger partial charge on any atom is -0.462 e. The van der Waals surface area contributed by atoms with Crippen molar-refractivity contribution in [2.24, 2.45) is 0 Å². The minimum absolute atomic E-state index is 0.00660. The predicted octanol–water partition coefficient (Wildman–Crippen LogP) is 6.88. The van der Waals surface area contributed by atoms with Crippen LogP contribution in [0.1, 0.15) is 49.4 Å². The molecule has 222 valence electrons. The van der Waals surface area contributed by atoms with E-state index < -0.39 is 24.5 Å². The van der Waals surface area contributed by atoms with E-state index in [0.717, 1.165) is 29.4 Å². The van der Waals surface area contributed by atoms with Crippen LogP contribution in [0, 0.1) is 0 Å². The van der Waals surface area contributed by atoms with E-state index in [4.69, 9.17) is 14.2 Å². The maximum absolute atomic E-state index is 12.3. The van der Waals surface area contributed by atoms with Crippen LogP contribution in [-0.4, -0.2) is 37.0 Å². The molecule has 2 amide bonds. The normalized spacial score (nSPS) is 10.5. The van der Waals surface area contributed by atoms with Crippen LogP contribution in [0.3, 0.4) is 0 Å². The highest BCUT2D eigenvalue weighted by Crippen LogP contribution is 2.30. The number of hydrogen-bond acceptors (Lipinski definition) is 7. The molecule has 9 nitrogen and oxygen atoms in total. The van der Waals surface area contributed by atoms with Gasteiger partial charge < -0.3 is 24.8 Å². The topological polar surface area (TPSA) is 120 Å². The summed E-state index contributed by atoms with van der Waals surface area (Å²) in [6, 6.07) is 27.1. The molecule has 0 aliphatic carbocycles. The first-order valence-electron chi connectivity index (χ1n) is 14.2. The van der Waals surface area contributed by atoms with Gasteiger partial charge in [0.05, 0.1) is 12.2 Å². The van der Waals surface area contributed by atoms with Crippen molar-refractivity contribution in [1.29, 1.82) is 0 Å². The second kappa shape index (κ2) is 15.7. The van der Waals surface area contributed by atoms with Gasteiger partial charge in [-0.15, -0.1) is 0 Å². The van der Waals surface area contributed by atoms with E-state index in [1.807, 2.05) is 49.4 Å². The number of hydrogen-bond donors (Lipinski definition) is 2. The van der Waals surface area contributed by atoms with Crippen LogP contribution in [0.15, 0.2) is 91.0 Å². The number of fused-ring (bicyclic) bond motifs is 1. The Balaban J connectivity index is 1.12. The van der Waals surface area contributed by atoms with Gasteiger partial charge in [0, 0.05) is 29.6 Å². The van der Waals surface area contributed by atoms with Gasteiger partial charge in [0.2, 0.25) is 5.91 Å². The Morgan fingerprint density at radius 2 is 1.35 bits per heavy atom. The molecule has 0 spiro atoms. The molecule has 0 saturated carbocycles. The average Bonchev–Trinajstić information content (AvgIpc) is 3.01. The second-order valence-corrected chi connectivity index (χ2v) is 9.78. The fraction of sp³-hybridized carbons (Fsp3) is 0.235. The number of esters is 2. The number of carbonyl (C=O) groups is 4. The molecular formula is C34H34N2O7. The summed E-state index contributed by atoms with van der Waals surface area (Å²) in [4.78, 5) is 48.4. The van der Waals surface area contributed by atoms with E-state index in [2.05, 4.69) is 10.6 Å². The molecule has 0 atom stereocenters. The summed E-state index contributed by atoms with van der Waals surface area (Å²) < 4.78 is 16.2. The van der Waals surface area contributed by atoms with Gasteiger partial charge in [-0.3, -0.25) is 14.4 Å². The lowest BCUT2D eigenvalue weighted by Gasteiger charge is -2.10. The smallest absolute Gasteiger partial charge is 0.338 e. The third-order valence-corrected chi connectivity index (χ3v) is 6.40. The number of amides is 2. The SMILES string of the molecule is CCCCOC(=O)c1ccc(NC(=O)COC(=O)CCCC(=O)Nc2ccc(Oc3cccc4ccccc34)cc2)cc1. The Morgan fingerprint density at radius 3 is 2.09 bits per heavy atom. The van der Waals surface area contributed by atoms with E-state index in [1.54, 1.807) is 48.5 Å². The number of ether oxygens (including phenoxy) is 3. The standard InChI is InChI=1S/C34H34N2O7/c1-2-3-22-41-34(40)25-14-16-26(17-15-25)36-32(38)23-42-33(39)13-7-12-31(37)35-27-18-20-28(21-19-27)43-30-11-6-9-24-8-4-5-10-29(24)30/h4-6,8-11,14-21H,2-3,7,12-13,22-23H2,1H3,(H,35,37)(H,36,38). The third-order valence-electron chi connectivity index (χ3n) is 6.40. The monoisotopic (exact) mass is 582 g/mol. The number of carbonyl (C=O) groups excluding carboxylic acids is 4. The summed E-state index contributed by atoms with van der Waals surface area (Å²) in [6.45, 7) is 1.91. The summed E-state index contributed by atoms with van der Waals surface area (Å²) >= 11 is 0. The molecule has 0 radical (unpaired) electrons. The average molecular weight is 583 g/mol. The lowest BCUT2D eigenvalue weighted by atomic mass is 10.1. The number of benzene rings is 4. The molecule has 4 rings (SSSR count). The van der Waals surface area contributed by atoms with Crippen molar-refractivity contribution in [1.82, 2.24) is 0 Å². The molecule has 0 aliphatic heterocycles. The first-order valence-corrected chi connectivity index (χ1v) is 14.2. The summed E-state index contributed by atoms with van der Waals surface area (Å²) in [7, 11) is 0. The highest BCUT2D eigenvalue weighted by atomic mass is 16.5. The van der Waals surface area contributed by atoms with E-state index in [0.29, 0.717) is 29.3 Å². The fourth-order valence-electron chi connectivity index (χ4n) is 4.13. The van der Waals surface area contributed by atoms with E-state index >= 15 is 0 Å². The molecule has 0 heterocycles. The van der Waals surface area contributed by atoms with E-state index in [9.17, 15) is 19.2 Å². The van der Waals surface area contributed by atoms with Crippen molar-refractivity contribution in [3.63, 3.8) is 0 Å². The lowest BCUT2D eigenvalue weighted by molar-refractivity contribution is -0.147. The van der Waals surface area contributed by atoms with Crippen molar-refractivity contribution >= 4 is 45.9 Å². The molecule has 0 aromatic heterocycles. The molecule has 4 aromatic rings. The maximum Gasteiger partial charge on any atom is 0.338 e. The van der Waals surface area contributed by atoms with Crippen LogP contribution in [-0.2, 0) is 23.9 Å². The third kappa shape index (κ3) is 9.71. The molecule has 0 fully saturated rings. The molecule has 0 aliphatic rings. The second-order valence-electron chi connectivity index (χ2n) is 9.78. The fourth-order valence-corrected chi connectivity index (χ4v) is 4.13. The molecule has 4 aromatic carbocycles. The molecular weight excluding hydrogens is 548 g/mol. The van der Waals surface area contributed by atoms with Crippen LogP contribution in [0.4, 0.5) is 11.4 Å². The van der Waals surface area contributed by atoms with Crippen molar-refractivity contribution in [3.8, 4) is 11.5 Å². The number of unbranched alkanes of at least 4 members (excludes halogenated alkanes) is 1. The van der Waals surface area contributed by atoms with Gasteiger partial charge in [-0.1, -0.05) is 49.7 Å². The number of anilines is 2. The van der Waals surface area contributed by atoms with Crippen molar-refractivity contribution in [3.05, 3.63) is 96.6 Å². The Bertz CT molecular complexity index is 1540. The Kier molecular flexibility index (Phi) is 11.2. The van der Waals surface area contributed by atoms with Crippen molar-refractivity contribution in [2.75, 3.05) is 23.8 Å². The maximum atomic E-state index is 12.3.